The lowest BCUT2D eigenvalue weighted by Gasteiger charge is -2.28. The first-order chi connectivity index (χ1) is 7.40. The van der Waals surface area contributed by atoms with Crippen LogP contribution in [0.15, 0.2) is 0 Å². The van der Waals surface area contributed by atoms with E-state index in [0.717, 1.165) is 19.4 Å². The molecule has 0 aliphatic heterocycles. The zero-order valence-corrected chi connectivity index (χ0v) is 10.4. The summed E-state index contributed by atoms with van der Waals surface area (Å²) in [6.07, 6.45) is -1.94. The highest BCUT2D eigenvalue weighted by molar-refractivity contribution is 4.71. The van der Waals surface area contributed by atoms with Gasteiger partial charge in [0.05, 0.1) is 6.54 Å². The van der Waals surface area contributed by atoms with Crippen LogP contribution < -0.4 is 5.32 Å². The Morgan fingerprint density at radius 2 is 1.88 bits per heavy atom. The number of unbranched alkanes of at least 4 members (excludes halogenated alkanes) is 1. The van der Waals surface area contributed by atoms with Gasteiger partial charge in [0.2, 0.25) is 0 Å². The topological polar surface area (TPSA) is 15.3 Å². The van der Waals surface area contributed by atoms with Crippen LogP contribution in [0.5, 0.6) is 0 Å². The van der Waals surface area contributed by atoms with E-state index in [9.17, 15) is 13.2 Å². The van der Waals surface area contributed by atoms with Gasteiger partial charge in [0.15, 0.2) is 0 Å². The highest BCUT2D eigenvalue weighted by Crippen LogP contribution is 2.17. The van der Waals surface area contributed by atoms with Gasteiger partial charge in [0, 0.05) is 12.6 Å². The van der Waals surface area contributed by atoms with Crippen LogP contribution in [0.1, 0.15) is 33.6 Å². The molecular formula is C11H23F3N2. The van der Waals surface area contributed by atoms with Crippen LogP contribution in [0.2, 0.25) is 0 Å². The standard InChI is InChI=1S/C11H23F3N2/c1-4-6-7-15-8-10(3)16(5-2)9-11(12,13)14/h10,15H,4-9H2,1-3H3. The fourth-order valence-electron chi connectivity index (χ4n) is 1.55. The second-order valence-corrected chi connectivity index (χ2v) is 4.08. The molecule has 0 bridgehead atoms. The smallest absolute Gasteiger partial charge is 0.315 e. The van der Waals surface area contributed by atoms with Gasteiger partial charge >= 0.3 is 6.18 Å². The summed E-state index contributed by atoms with van der Waals surface area (Å²) in [4.78, 5) is 1.44. The molecule has 0 spiro atoms. The first kappa shape index (κ1) is 15.7. The van der Waals surface area contributed by atoms with Crippen molar-refractivity contribution in [3.63, 3.8) is 0 Å². The second kappa shape index (κ2) is 7.90. The molecule has 5 heteroatoms. The zero-order valence-electron chi connectivity index (χ0n) is 10.4. The van der Waals surface area contributed by atoms with Gasteiger partial charge in [0.25, 0.3) is 0 Å². The largest absolute Gasteiger partial charge is 0.401 e. The summed E-state index contributed by atoms with van der Waals surface area (Å²) in [5, 5.41) is 3.18. The predicted octanol–water partition coefficient (Wildman–Crippen LogP) is 2.65. The highest BCUT2D eigenvalue weighted by atomic mass is 19.4. The summed E-state index contributed by atoms with van der Waals surface area (Å²) in [5.74, 6) is 0. The Morgan fingerprint density at radius 3 is 2.31 bits per heavy atom. The molecule has 0 radical (unpaired) electrons. The maximum Gasteiger partial charge on any atom is 0.401 e. The molecule has 0 saturated heterocycles. The molecule has 1 atom stereocenters. The van der Waals surface area contributed by atoms with Crippen molar-refractivity contribution in [1.29, 1.82) is 0 Å². The van der Waals surface area contributed by atoms with E-state index in [2.05, 4.69) is 12.2 Å². The van der Waals surface area contributed by atoms with Crippen LogP contribution in [-0.2, 0) is 0 Å². The summed E-state index contributed by atoms with van der Waals surface area (Å²) >= 11 is 0. The van der Waals surface area contributed by atoms with Crippen LogP contribution in [0, 0.1) is 0 Å². The lowest BCUT2D eigenvalue weighted by Crippen LogP contribution is -2.45. The third kappa shape index (κ3) is 7.93. The number of nitrogens with zero attached hydrogens (tertiary/aromatic N) is 1. The summed E-state index contributed by atoms with van der Waals surface area (Å²) < 4.78 is 36.7. The van der Waals surface area contributed by atoms with Gasteiger partial charge in [-0.1, -0.05) is 20.3 Å². The van der Waals surface area contributed by atoms with E-state index in [0.29, 0.717) is 13.1 Å². The Hall–Kier alpha value is -0.290. The molecule has 2 nitrogen and oxygen atoms in total. The fourth-order valence-corrected chi connectivity index (χ4v) is 1.55. The van der Waals surface area contributed by atoms with Crippen LogP contribution >= 0.6 is 0 Å². The minimum Gasteiger partial charge on any atom is -0.315 e. The number of hydrogen-bond acceptors (Lipinski definition) is 2. The molecule has 0 fully saturated rings. The van der Waals surface area contributed by atoms with Gasteiger partial charge in [-0.25, -0.2) is 0 Å². The Kier molecular flexibility index (Phi) is 7.76. The quantitative estimate of drug-likeness (QED) is 0.656. The summed E-state index contributed by atoms with van der Waals surface area (Å²) in [6, 6.07) is -0.0801. The molecular weight excluding hydrogens is 217 g/mol. The summed E-state index contributed by atoms with van der Waals surface area (Å²) in [7, 11) is 0. The molecule has 98 valence electrons. The molecule has 1 unspecified atom stereocenters. The van der Waals surface area contributed by atoms with E-state index in [1.807, 2.05) is 6.92 Å². The zero-order chi connectivity index (χ0) is 12.6. The monoisotopic (exact) mass is 240 g/mol. The van der Waals surface area contributed by atoms with Crippen molar-refractivity contribution in [2.75, 3.05) is 26.2 Å². The van der Waals surface area contributed by atoms with Crippen LogP contribution in [0.3, 0.4) is 0 Å². The van der Waals surface area contributed by atoms with Gasteiger partial charge in [0.1, 0.15) is 0 Å². The number of halogens is 3. The van der Waals surface area contributed by atoms with Crippen LogP contribution in [-0.4, -0.2) is 43.3 Å². The minimum atomic E-state index is -4.10. The lowest BCUT2D eigenvalue weighted by atomic mass is 10.2. The van der Waals surface area contributed by atoms with Crippen molar-refractivity contribution in [2.45, 2.75) is 45.8 Å². The molecule has 0 aromatic carbocycles. The lowest BCUT2D eigenvalue weighted by molar-refractivity contribution is -0.149. The van der Waals surface area contributed by atoms with Gasteiger partial charge in [-0.2, -0.15) is 13.2 Å². The van der Waals surface area contributed by atoms with E-state index < -0.39 is 12.7 Å². The Balaban J connectivity index is 3.87. The van der Waals surface area contributed by atoms with Crippen molar-refractivity contribution >= 4 is 0 Å². The molecule has 0 saturated carbocycles. The first-order valence-corrected chi connectivity index (χ1v) is 5.92. The molecule has 0 aromatic heterocycles. The van der Waals surface area contributed by atoms with Crippen molar-refractivity contribution in [1.82, 2.24) is 10.2 Å². The van der Waals surface area contributed by atoms with Gasteiger partial charge < -0.3 is 5.32 Å². The molecule has 0 rings (SSSR count). The van der Waals surface area contributed by atoms with Gasteiger partial charge in [-0.15, -0.1) is 0 Å². The highest BCUT2D eigenvalue weighted by Gasteiger charge is 2.31. The second-order valence-electron chi connectivity index (χ2n) is 4.08. The van der Waals surface area contributed by atoms with E-state index in [1.165, 1.54) is 4.90 Å². The molecule has 0 heterocycles. The maximum absolute atomic E-state index is 12.2. The van der Waals surface area contributed by atoms with Crippen molar-refractivity contribution < 1.29 is 13.2 Å². The van der Waals surface area contributed by atoms with E-state index in [1.54, 1.807) is 6.92 Å². The summed E-state index contributed by atoms with van der Waals surface area (Å²) in [5.41, 5.74) is 0. The Bertz CT molecular complexity index is 171. The van der Waals surface area contributed by atoms with E-state index in [4.69, 9.17) is 0 Å². The number of hydrogen-bond donors (Lipinski definition) is 1. The first-order valence-electron chi connectivity index (χ1n) is 5.92. The van der Waals surface area contributed by atoms with Crippen LogP contribution in [0.4, 0.5) is 13.2 Å². The Labute approximate surface area is 96.2 Å². The third-order valence-corrected chi connectivity index (χ3v) is 2.56. The van der Waals surface area contributed by atoms with Crippen LogP contribution in [0.25, 0.3) is 0 Å². The SMILES string of the molecule is CCCCNCC(C)N(CC)CC(F)(F)F. The number of nitrogens with one attached hydrogen (secondary N) is 1. The molecule has 0 aliphatic carbocycles. The normalized spacial score (nSPS) is 14.4. The van der Waals surface area contributed by atoms with Crippen molar-refractivity contribution in [2.24, 2.45) is 0 Å². The predicted molar refractivity (Wildman–Crippen MR) is 60.5 cm³/mol. The Morgan fingerprint density at radius 1 is 1.25 bits per heavy atom. The number of rotatable bonds is 8. The molecule has 16 heavy (non-hydrogen) atoms. The average molecular weight is 240 g/mol. The fraction of sp³-hybridized carbons (Fsp3) is 1.00. The maximum atomic E-state index is 12.2. The third-order valence-electron chi connectivity index (χ3n) is 2.56. The minimum absolute atomic E-state index is 0.0801. The molecule has 0 aliphatic rings. The van der Waals surface area contributed by atoms with Crippen molar-refractivity contribution in [3.05, 3.63) is 0 Å². The summed E-state index contributed by atoms with van der Waals surface area (Å²) in [6.45, 7) is 6.78. The molecule has 0 aromatic rings. The average Bonchev–Trinajstić information content (AvgIpc) is 2.19. The number of likely N-dealkylation sites (N-methyl/N-ethyl adjacent to an activating group) is 1. The van der Waals surface area contributed by atoms with Crippen molar-refractivity contribution in [3.8, 4) is 0 Å². The number of alkyl halides is 3. The van der Waals surface area contributed by atoms with E-state index in [-0.39, 0.29) is 6.04 Å². The molecule has 1 N–H and O–H groups in total. The van der Waals surface area contributed by atoms with Gasteiger partial charge in [-0.3, -0.25) is 4.90 Å². The van der Waals surface area contributed by atoms with Gasteiger partial charge in [-0.05, 0) is 26.4 Å². The molecule has 0 amide bonds. The van der Waals surface area contributed by atoms with E-state index >= 15 is 0 Å².